The zero-order valence-corrected chi connectivity index (χ0v) is 12.9. The summed E-state index contributed by atoms with van der Waals surface area (Å²) >= 11 is 3.19. The molecule has 0 aromatic heterocycles. The quantitative estimate of drug-likeness (QED) is 0.629. The van der Waals surface area contributed by atoms with E-state index in [2.05, 4.69) is 21.2 Å². The van der Waals surface area contributed by atoms with E-state index in [9.17, 15) is 20.0 Å². The first kappa shape index (κ1) is 15.9. The molecule has 0 spiro atoms. The molecule has 1 heterocycles. The van der Waals surface area contributed by atoms with Crippen molar-refractivity contribution < 1.29 is 19.6 Å². The smallest absolute Gasteiger partial charge is 0.270 e. The second kappa shape index (κ2) is 6.08. The molecule has 0 saturated carbocycles. The molecule has 1 fully saturated rings. The molecule has 0 radical (unpaired) electrons. The molecule has 1 amide bonds. The normalized spacial score (nSPS) is 24.8. The molecule has 2 unspecified atom stereocenters. The van der Waals surface area contributed by atoms with Gasteiger partial charge in [0.25, 0.3) is 11.6 Å². The Morgan fingerprint density at radius 2 is 2.38 bits per heavy atom. The van der Waals surface area contributed by atoms with Crippen molar-refractivity contribution in [2.24, 2.45) is 0 Å². The van der Waals surface area contributed by atoms with Crippen molar-refractivity contribution >= 4 is 27.5 Å². The van der Waals surface area contributed by atoms with Crippen molar-refractivity contribution in [1.82, 2.24) is 5.32 Å². The molecule has 21 heavy (non-hydrogen) atoms. The highest BCUT2D eigenvalue weighted by Gasteiger charge is 2.39. The summed E-state index contributed by atoms with van der Waals surface area (Å²) in [6.45, 7) is 2.21. The highest BCUT2D eigenvalue weighted by atomic mass is 79.9. The maximum absolute atomic E-state index is 12.1. The zero-order chi connectivity index (χ0) is 15.6. The first-order chi connectivity index (χ1) is 9.83. The third-order valence-corrected chi connectivity index (χ3v) is 4.31. The van der Waals surface area contributed by atoms with E-state index in [-0.39, 0.29) is 23.9 Å². The van der Waals surface area contributed by atoms with Gasteiger partial charge in [0.2, 0.25) is 0 Å². The van der Waals surface area contributed by atoms with Crippen LogP contribution in [0.15, 0.2) is 22.7 Å². The number of amides is 1. The summed E-state index contributed by atoms with van der Waals surface area (Å²) in [7, 11) is 0. The number of non-ortho nitro benzene ring substituents is 1. The molecule has 8 heteroatoms. The Morgan fingerprint density at radius 3 is 2.95 bits per heavy atom. The Labute approximate surface area is 129 Å². The van der Waals surface area contributed by atoms with Gasteiger partial charge in [0.1, 0.15) is 5.60 Å². The van der Waals surface area contributed by atoms with Crippen molar-refractivity contribution in [3.8, 4) is 0 Å². The summed E-state index contributed by atoms with van der Waals surface area (Å²) in [4.78, 5) is 22.3. The van der Waals surface area contributed by atoms with Crippen LogP contribution >= 0.6 is 15.9 Å². The number of nitro groups is 1. The van der Waals surface area contributed by atoms with Gasteiger partial charge in [-0.05, 0) is 28.9 Å². The van der Waals surface area contributed by atoms with Crippen molar-refractivity contribution in [2.45, 2.75) is 25.0 Å². The van der Waals surface area contributed by atoms with Crippen LogP contribution in [0.2, 0.25) is 0 Å². The van der Waals surface area contributed by atoms with Gasteiger partial charge in [-0.3, -0.25) is 14.9 Å². The topological polar surface area (TPSA) is 102 Å². The average molecular weight is 359 g/mol. The summed E-state index contributed by atoms with van der Waals surface area (Å²) < 4.78 is 5.73. The Balaban J connectivity index is 2.10. The molecular formula is C13H15BrN2O5. The second-order valence-corrected chi connectivity index (χ2v) is 5.82. The highest BCUT2D eigenvalue weighted by molar-refractivity contribution is 9.10. The van der Waals surface area contributed by atoms with Gasteiger partial charge in [0, 0.05) is 36.2 Å². The minimum absolute atomic E-state index is 0.0299. The van der Waals surface area contributed by atoms with Gasteiger partial charge in [-0.2, -0.15) is 0 Å². The van der Waals surface area contributed by atoms with Crippen molar-refractivity contribution in [3.63, 3.8) is 0 Å². The molecule has 1 aliphatic heterocycles. The fourth-order valence-electron chi connectivity index (χ4n) is 2.13. The maximum Gasteiger partial charge on any atom is 0.270 e. The minimum atomic E-state index is -1.11. The number of carbonyl (C=O) groups excluding carboxylic acids is 1. The average Bonchev–Trinajstić information content (AvgIpc) is 2.77. The van der Waals surface area contributed by atoms with E-state index in [4.69, 9.17) is 4.74 Å². The molecule has 1 saturated heterocycles. The number of rotatable bonds is 4. The fraction of sp³-hybridized carbons (Fsp3) is 0.462. The van der Waals surface area contributed by atoms with Gasteiger partial charge >= 0.3 is 0 Å². The lowest BCUT2D eigenvalue weighted by Crippen LogP contribution is -2.47. The number of nitrogens with zero attached hydrogens (tertiary/aromatic N) is 1. The Hall–Kier alpha value is -1.51. The summed E-state index contributed by atoms with van der Waals surface area (Å²) in [6, 6.07) is 3.95. The monoisotopic (exact) mass is 358 g/mol. The van der Waals surface area contributed by atoms with Crippen LogP contribution in [0.4, 0.5) is 5.69 Å². The van der Waals surface area contributed by atoms with Crippen LogP contribution in [-0.4, -0.2) is 40.8 Å². The highest BCUT2D eigenvalue weighted by Crippen LogP contribution is 2.26. The summed E-state index contributed by atoms with van der Waals surface area (Å²) in [5.41, 5.74) is -1.12. The minimum Gasteiger partial charge on any atom is -0.385 e. The number of carbonyl (C=O) groups is 1. The number of nitrogens with one attached hydrogen (secondary N) is 1. The number of halogens is 1. The molecule has 2 rings (SSSR count). The molecule has 0 aliphatic carbocycles. The van der Waals surface area contributed by atoms with Crippen molar-refractivity contribution in [2.75, 3.05) is 13.2 Å². The van der Waals surface area contributed by atoms with Gasteiger partial charge < -0.3 is 15.2 Å². The van der Waals surface area contributed by atoms with Crippen molar-refractivity contribution in [1.29, 1.82) is 0 Å². The van der Waals surface area contributed by atoms with Gasteiger partial charge in [0.05, 0.1) is 16.6 Å². The van der Waals surface area contributed by atoms with Gasteiger partial charge in [0.15, 0.2) is 0 Å². The molecule has 1 aliphatic rings. The number of nitro benzene ring substituents is 1. The summed E-state index contributed by atoms with van der Waals surface area (Å²) in [6.07, 6.45) is 0.0660. The van der Waals surface area contributed by atoms with Crippen LogP contribution in [0.25, 0.3) is 0 Å². The molecule has 1 aromatic rings. The Bertz CT molecular complexity index is 580. The van der Waals surface area contributed by atoms with Crippen LogP contribution in [0.3, 0.4) is 0 Å². The van der Waals surface area contributed by atoms with Gasteiger partial charge in [-0.15, -0.1) is 0 Å². The number of hydrogen-bond acceptors (Lipinski definition) is 5. The van der Waals surface area contributed by atoms with E-state index >= 15 is 0 Å². The molecule has 0 bridgehead atoms. The third kappa shape index (κ3) is 3.39. The summed E-state index contributed by atoms with van der Waals surface area (Å²) in [5.74, 6) is -0.488. The van der Waals surface area contributed by atoms with Gasteiger partial charge in [-0.1, -0.05) is 0 Å². The number of ether oxygens (including phenoxy) is 1. The number of aliphatic hydroxyl groups is 1. The predicted molar refractivity (Wildman–Crippen MR) is 78.1 cm³/mol. The second-order valence-electron chi connectivity index (χ2n) is 4.97. The lowest BCUT2D eigenvalue weighted by atomic mass is 9.96. The molecule has 1 aromatic carbocycles. The lowest BCUT2D eigenvalue weighted by molar-refractivity contribution is -0.384. The Kier molecular flexibility index (Phi) is 4.60. The molecule has 7 nitrogen and oxygen atoms in total. The van der Waals surface area contributed by atoms with E-state index < -0.39 is 16.4 Å². The van der Waals surface area contributed by atoms with Crippen LogP contribution in [0.1, 0.15) is 23.7 Å². The zero-order valence-electron chi connectivity index (χ0n) is 11.3. The number of benzene rings is 1. The van der Waals surface area contributed by atoms with E-state index in [1.54, 1.807) is 6.92 Å². The largest absolute Gasteiger partial charge is 0.385 e. The third-order valence-electron chi connectivity index (χ3n) is 3.62. The first-order valence-electron chi connectivity index (χ1n) is 6.39. The van der Waals surface area contributed by atoms with Gasteiger partial charge in [-0.25, -0.2) is 0 Å². The molecule has 114 valence electrons. The first-order valence-corrected chi connectivity index (χ1v) is 7.19. The number of hydrogen-bond donors (Lipinski definition) is 2. The fourth-order valence-corrected chi connectivity index (χ4v) is 2.56. The van der Waals surface area contributed by atoms with E-state index in [0.717, 1.165) is 0 Å². The van der Waals surface area contributed by atoms with Crippen LogP contribution in [0.5, 0.6) is 0 Å². The predicted octanol–water partition coefficient (Wildman–Crippen LogP) is 1.63. The maximum atomic E-state index is 12.1. The molecular weight excluding hydrogens is 344 g/mol. The van der Waals surface area contributed by atoms with E-state index in [0.29, 0.717) is 17.5 Å². The molecule has 2 atom stereocenters. The van der Waals surface area contributed by atoms with E-state index in [1.165, 1.54) is 18.2 Å². The molecule has 2 N–H and O–H groups in total. The van der Waals surface area contributed by atoms with Crippen LogP contribution in [0, 0.1) is 10.1 Å². The van der Waals surface area contributed by atoms with Crippen molar-refractivity contribution in [3.05, 3.63) is 38.3 Å². The standard InChI is InChI=1S/C13H15BrN2O5/c1-8-13(18,4-5-21-8)7-15-12(17)10-6-9(16(19)20)2-3-11(10)14/h2-3,6,8,18H,4-5,7H2,1H3,(H,15,17). The van der Waals surface area contributed by atoms with Crippen LogP contribution < -0.4 is 5.32 Å². The lowest BCUT2D eigenvalue weighted by Gasteiger charge is -2.26. The van der Waals surface area contributed by atoms with Crippen LogP contribution in [-0.2, 0) is 4.74 Å². The Morgan fingerprint density at radius 1 is 1.67 bits per heavy atom. The van der Waals surface area contributed by atoms with E-state index in [1.807, 2.05) is 0 Å². The SMILES string of the molecule is CC1OCCC1(O)CNC(=O)c1cc([N+](=O)[O-])ccc1Br. The summed E-state index contributed by atoms with van der Waals surface area (Å²) in [5, 5.41) is 23.7.